The zero-order valence-electron chi connectivity index (χ0n) is 9.63. The molecule has 0 bridgehead atoms. The van der Waals surface area contributed by atoms with E-state index in [4.69, 9.17) is 4.84 Å². The molecule has 0 fully saturated rings. The summed E-state index contributed by atoms with van der Waals surface area (Å²) in [6.45, 7) is 7.54. The first-order chi connectivity index (χ1) is 6.90. The molecule has 1 rings (SSSR count). The zero-order chi connectivity index (χ0) is 11.5. The summed E-state index contributed by atoms with van der Waals surface area (Å²) < 4.78 is 0. The van der Waals surface area contributed by atoms with Crippen LogP contribution in [0.5, 0.6) is 0 Å². The molecule has 0 heterocycles. The summed E-state index contributed by atoms with van der Waals surface area (Å²) in [5.74, 6) is -0.206. The lowest BCUT2D eigenvalue weighted by atomic mass is 10.1. The lowest BCUT2D eigenvalue weighted by Gasteiger charge is -2.19. The number of hydrogen-bond acceptors (Lipinski definition) is 2. The number of benzene rings is 1. The molecule has 3 nitrogen and oxygen atoms in total. The molecule has 0 spiro atoms. The standard InChI is InChI=1S/C12H17NO2/c1-9-7-5-6-8-10(9)11(14)13-15-12(2,3)4/h5-8H,1-4H3,(H,13,14). The van der Waals surface area contributed by atoms with Gasteiger partial charge in [-0.1, -0.05) is 18.2 Å². The van der Waals surface area contributed by atoms with Gasteiger partial charge in [-0.25, -0.2) is 5.48 Å². The van der Waals surface area contributed by atoms with Crippen LogP contribution in [0.2, 0.25) is 0 Å². The molecule has 0 atom stereocenters. The van der Waals surface area contributed by atoms with Crippen LogP contribution in [0, 0.1) is 6.92 Å². The number of carbonyl (C=O) groups excluding carboxylic acids is 1. The van der Waals surface area contributed by atoms with Crippen LogP contribution in [-0.4, -0.2) is 11.5 Å². The number of hydrogen-bond donors (Lipinski definition) is 1. The van der Waals surface area contributed by atoms with E-state index < -0.39 is 0 Å². The highest BCUT2D eigenvalue weighted by Gasteiger charge is 2.14. The van der Waals surface area contributed by atoms with E-state index in [1.54, 1.807) is 6.07 Å². The third-order valence-corrected chi connectivity index (χ3v) is 1.84. The number of rotatable bonds is 2. The van der Waals surface area contributed by atoms with E-state index in [0.717, 1.165) is 5.56 Å². The third kappa shape index (κ3) is 3.72. The van der Waals surface area contributed by atoms with Crippen molar-refractivity contribution in [3.63, 3.8) is 0 Å². The Hall–Kier alpha value is -1.35. The molecule has 0 aliphatic carbocycles. The Kier molecular flexibility index (Phi) is 3.48. The molecule has 15 heavy (non-hydrogen) atoms. The van der Waals surface area contributed by atoms with Crippen molar-refractivity contribution >= 4 is 5.91 Å². The Balaban J connectivity index is 2.66. The Morgan fingerprint density at radius 3 is 2.40 bits per heavy atom. The van der Waals surface area contributed by atoms with Gasteiger partial charge >= 0.3 is 0 Å². The van der Waals surface area contributed by atoms with Gasteiger partial charge in [0.2, 0.25) is 0 Å². The number of nitrogens with one attached hydrogen (secondary N) is 1. The van der Waals surface area contributed by atoms with E-state index in [-0.39, 0.29) is 11.5 Å². The molecular weight excluding hydrogens is 190 g/mol. The molecule has 0 aromatic heterocycles. The number of carbonyl (C=O) groups is 1. The highest BCUT2D eigenvalue weighted by Crippen LogP contribution is 2.08. The van der Waals surface area contributed by atoms with Crippen molar-refractivity contribution in [2.24, 2.45) is 0 Å². The fourth-order valence-corrected chi connectivity index (χ4v) is 1.08. The first-order valence-electron chi connectivity index (χ1n) is 4.94. The van der Waals surface area contributed by atoms with E-state index in [1.165, 1.54) is 0 Å². The molecule has 1 N–H and O–H groups in total. The van der Waals surface area contributed by atoms with E-state index in [1.807, 2.05) is 45.9 Å². The van der Waals surface area contributed by atoms with Gasteiger partial charge in [-0.2, -0.15) is 0 Å². The minimum absolute atomic E-state index is 0.206. The monoisotopic (exact) mass is 207 g/mol. The van der Waals surface area contributed by atoms with Gasteiger partial charge in [0.15, 0.2) is 0 Å². The van der Waals surface area contributed by atoms with Crippen molar-refractivity contribution in [3.05, 3.63) is 35.4 Å². The van der Waals surface area contributed by atoms with Gasteiger partial charge in [0.1, 0.15) is 0 Å². The van der Waals surface area contributed by atoms with Gasteiger partial charge in [0.05, 0.1) is 5.60 Å². The molecule has 0 aliphatic heterocycles. The minimum Gasteiger partial charge on any atom is -0.268 e. The van der Waals surface area contributed by atoms with E-state index in [0.29, 0.717) is 5.56 Å². The second-order valence-corrected chi connectivity index (χ2v) is 4.46. The smallest absolute Gasteiger partial charge is 0.268 e. The van der Waals surface area contributed by atoms with Crippen LogP contribution < -0.4 is 5.48 Å². The molecule has 3 heteroatoms. The largest absolute Gasteiger partial charge is 0.275 e. The van der Waals surface area contributed by atoms with Crippen molar-refractivity contribution in [1.82, 2.24) is 5.48 Å². The van der Waals surface area contributed by atoms with Crippen molar-refractivity contribution in [2.75, 3.05) is 0 Å². The van der Waals surface area contributed by atoms with Crippen LogP contribution in [0.25, 0.3) is 0 Å². The molecule has 0 unspecified atom stereocenters. The van der Waals surface area contributed by atoms with Crippen molar-refractivity contribution in [3.8, 4) is 0 Å². The van der Waals surface area contributed by atoms with E-state index in [2.05, 4.69) is 5.48 Å². The first-order valence-corrected chi connectivity index (χ1v) is 4.94. The van der Waals surface area contributed by atoms with Gasteiger partial charge < -0.3 is 0 Å². The zero-order valence-corrected chi connectivity index (χ0v) is 9.63. The molecule has 0 aliphatic rings. The number of hydroxylamine groups is 1. The highest BCUT2D eigenvalue weighted by molar-refractivity contribution is 5.94. The molecular formula is C12H17NO2. The first kappa shape index (κ1) is 11.7. The Morgan fingerprint density at radius 1 is 1.27 bits per heavy atom. The summed E-state index contributed by atoms with van der Waals surface area (Å²) in [6, 6.07) is 7.40. The summed E-state index contributed by atoms with van der Waals surface area (Å²) in [4.78, 5) is 16.9. The van der Waals surface area contributed by atoms with Gasteiger partial charge in [-0.05, 0) is 39.3 Å². The average Bonchev–Trinajstić information content (AvgIpc) is 2.14. The van der Waals surface area contributed by atoms with E-state index >= 15 is 0 Å². The third-order valence-electron chi connectivity index (χ3n) is 1.84. The lowest BCUT2D eigenvalue weighted by molar-refractivity contribution is -0.0590. The summed E-state index contributed by atoms with van der Waals surface area (Å²) >= 11 is 0. The van der Waals surface area contributed by atoms with Crippen LogP contribution >= 0.6 is 0 Å². The molecule has 1 aromatic rings. The van der Waals surface area contributed by atoms with Gasteiger partial charge in [-0.15, -0.1) is 0 Å². The highest BCUT2D eigenvalue weighted by atomic mass is 16.7. The maximum atomic E-state index is 11.7. The summed E-state index contributed by atoms with van der Waals surface area (Å²) in [6.07, 6.45) is 0. The van der Waals surface area contributed by atoms with Crippen molar-refractivity contribution < 1.29 is 9.63 Å². The normalized spacial score (nSPS) is 11.2. The van der Waals surface area contributed by atoms with Gasteiger partial charge in [0, 0.05) is 5.56 Å². The fraction of sp³-hybridized carbons (Fsp3) is 0.417. The fourth-order valence-electron chi connectivity index (χ4n) is 1.08. The summed E-state index contributed by atoms with van der Waals surface area (Å²) in [7, 11) is 0. The summed E-state index contributed by atoms with van der Waals surface area (Å²) in [5, 5.41) is 0. The van der Waals surface area contributed by atoms with E-state index in [9.17, 15) is 4.79 Å². The second kappa shape index (κ2) is 4.45. The molecule has 1 amide bonds. The summed E-state index contributed by atoms with van der Waals surface area (Å²) in [5.41, 5.74) is 3.64. The molecule has 0 saturated carbocycles. The maximum Gasteiger partial charge on any atom is 0.275 e. The van der Waals surface area contributed by atoms with Crippen LogP contribution in [0.1, 0.15) is 36.7 Å². The predicted molar refractivity (Wildman–Crippen MR) is 59.5 cm³/mol. The quantitative estimate of drug-likeness (QED) is 0.756. The maximum absolute atomic E-state index is 11.7. The van der Waals surface area contributed by atoms with Crippen LogP contribution in [0.3, 0.4) is 0 Å². The van der Waals surface area contributed by atoms with Crippen molar-refractivity contribution in [2.45, 2.75) is 33.3 Å². The van der Waals surface area contributed by atoms with Crippen LogP contribution in [0.4, 0.5) is 0 Å². The Morgan fingerprint density at radius 2 is 1.87 bits per heavy atom. The second-order valence-electron chi connectivity index (χ2n) is 4.46. The Bertz CT molecular complexity index is 353. The SMILES string of the molecule is Cc1ccccc1C(=O)NOC(C)(C)C. The lowest BCUT2D eigenvalue weighted by Crippen LogP contribution is -2.33. The van der Waals surface area contributed by atoms with Crippen molar-refractivity contribution in [1.29, 1.82) is 0 Å². The number of aryl methyl sites for hydroxylation is 1. The molecule has 1 aromatic carbocycles. The average molecular weight is 207 g/mol. The minimum atomic E-state index is -0.377. The van der Waals surface area contributed by atoms with Gasteiger partial charge in [0.25, 0.3) is 5.91 Å². The predicted octanol–water partition coefficient (Wildman–Crippen LogP) is 2.45. The van der Waals surface area contributed by atoms with Gasteiger partial charge in [-0.3, -0.25) is 9.63 Å². The molecule has 0 saturated heterocycles. The molecule has 82 valence electrons. The topological polar surface area (TPSA) is 38.3 Å². The van der Waals surface area contributed by atoms with Crippen LogP contribution in [-0.2, 0) is 4.84 Å². The Labute approximate surface area is 90.4 Å². The molecule has 0 radical (unpaired) electrons. The number of amides is 1. The van der Waals surface area contributed by atoms with Crippen LogP contribution in [0.15, 0.2) is 24.3 Å².